The summed E-state index contributed by atoms with van der Waals surface area (Å²) in [4.78, 5) is 20.4. The van der Waals surface area contributed by atoms with Crippen molar-refractivity contribution in [3.05, 3.63) is 82.4 Å². The fourth-order valence-electron chi connectivity index (χ4n) is 4.93. The lowest BCUT2D eigenvalue weighted by Crippen LogP contribution is -2.06. The molecule has 3 N–H and O–H groups in total. The summed E-state index contributed by atoms with van der Waals surface area (Å²) in [6.45, 7) is 10.1. The summed E-state index contributed by atoms with van der Waals surface area (Å²) in [6.07, 6.45) is 7.49. The van der Waals surface area contributed by atoms with Crippen molar-refractivity contribution in [2.75, 3.05) is 11.1 Å². The number of hydrogen-bond acceptors (Lipinski definition) is 7. The summed E-state index contributed by atoms with van der Waals surface area (Å²) in [6, 6.07) is 10.7. The van der Waals surface area contributed by atoms with E-state index in [1.54, 1.807) is 17.5 Å². The monoisotopic (exact) mass is 507 g/mol. The van der Waals surface area contributed by atoms with Crippen LogP contribution >= 0.6 is 11.3 Å². The number of rotatable bonds is 6. The predicted molar refractivity (Wildman–Crippen MR) is 153 cm³/mol. The molecule has 0 bridgehead atoms. The first kappa shape index (κ1) is 23.4. The van der Waals surface area contributed by atoms with Crippen molar-refractivity contribution in [2.24, 2.45) is 0 Å². The second-order valence-corrected chi connectivity index (χ2v) is 11.0. The average Bonchev–Trinajstić information content (AvgIpc) is 3.47. The van der Waals surface area contributed by atoms with Crippen LogP contribution in [-0.4, -0.2) is 24.5 Å². The van der Waals surface area contributed by atoms with Crippen LogP contribution in [0.5, 0.6) is 0 Å². The molecule has 1 aromatic carbocycles. The van der Waals surface area contributed by atoms with Crippen LogP contribution in [0.25, 0.3) is 32.0 Å². The van der Waals surface area contributed by atoms with Gasteiger partial charge in [0, 0.05) is 40.7 Å². The molecule has 0 saturated heterocycles. The fourth-order valence-corrected chi connectivity index (χ4v) is 5.91. The van der Waals surface area contributed by atoms with Crippen molar-refractivity contribution >= 4 is 55.0 Å². The number of hydrogen-bond donors (Lipinski definition) is 2. The van der Waals surface area contributed by atoms with Crippen LogP contribution in [0, 0.1) is 13.8 Å². The first-order valence-electron chi connectivity index (χ1n) is 12.4. The smallest absolute Gasteiger partial charge is 0.131 e. The highest BCUT2D eigenvalue weighted by Crippen LogP contribution is 2.30. The van der Waals surface area contributed by atoms with Crippen molar-refractivity contribution in [1.29, 1.82) is 0 Å². The zero-order valence-electron chi connectivity index (χ0n) is 21.4. The van der Waals surface area contributed by atoms with Gasteiger partial charge in [-0.3, -0.25) is 0 Å². The van der Waals surface area contributed by atoms with Gasteiger partial charge in [-0.25, -0.2) is 19.9 Å². The van der Waals surface area contributed by atoms with Crippen LogP contribution < -0.4 is 11.1 Å². The molecule has 7 nitrogen and oxygen atoms in total. The number of nitrogens with one attached hydrogen (secondary N) is 1. The van der Waals surface area contributed by atoms with E-state index in [0.29, 0.717) is 18.3 Å². The van der Waals surface area contributed by atoms with Crippen LogP contribution in [0.2, 0.25) is 0 Å². The van der Waals surface area contributed by atoms with E-state index in [0.717, 1.165) is 39.0 Å². The van der Waals surface area contributed by atoms with E-state index in [2.05, 4.69) is 81.8 Å². The van der Waals surface area contributed by atoms with Gasteiger partial charge in [0.15, 0.2) is 0 Å². The molecule has 0 unspecified atom stereocenters. The standard InChI is InChI=1S/C29H29N7S/c1-16(2)20-8-19-9-21(37-29(19)34-11-20)14-36-15-35-25-13-33-27(10-26(25)36)32-12-24-17(3)7-23-22(18(24)4)5-6-31-28(23)30/h5-11,13,15-16H,12,14H2,1-4H3,(H2,30,31)(H,32,33). The minimum absolute atomic E-state index is 0.466. The molecule has 186 valence electrons. The first-order chi connectivity index (χ1) is 17.9. The topological polar surface area (TPSA) is 94.5 Å². The van der Waals surface area contributed by atoms with Crippen molar-refractivity contribution < 1.29 is 0 Å². The Labute approximate surface area is 219 Å². The van der Waals surface area contributed by atoms with E-state index >= 15 is 0 Å². The van der Waals surface area contributed by atoms with Gasteiger partial charge in [-0.2, -0.15) is 0 Å². The highest BCUT2D eigenvalue weighted by molar-refractivity contribution is 7.18. The number of aromatic nitrogens is 5. The second kappa shape index (κ2) is 9.12. The van der Waals surface area contributed by atoms with E-state index in [9.17, 15) is 0 Å². The van der Waals surface area contributed by atoms with Gasteiger partial charge in [0.2, 0.25) is 0 Å². The zero-order chi connectivity index (χ0) is 25.7. The van der Waals surface area contributed by atoms with E-state index in [1.165, 1.54) is 32.5 Å². The van der Waals surface area contributed by atoms with E-state index < -0.39 is 0 Å². The number of nitrogen functional groups attached to an aromatic ring is 1. The molecular weight excluding hydrogens is 478 g/mol. The molecule has 0 spiro atoms. The van der Waals surface area contributed by atoms with Crippen LogP contribution in [0.3, 0.4) is 0 Å². The predicted octanol–water partition coefficient (Wildman–Crippen LogP) is 6.57. The number of benzene rings is 1. The molecule has 0 fully saturated rings. The lowest BCUT2D eigenvalue weighted by atomic mass is 9.96. The number of nitrogens with zero attached hydrogens (tertiary/aromatic N) is 5. The maximum absolute atomic E-state index is 6.11. The Balaban J connectivity index is 1.26. The van der Waals surface area contributed by atoms with Crippen molar-refractivity contribution in [3.8, 4) is 0 Å². The Morgan fingerprint density at radius 3 is 2.70 bits per heavy atom. The number of pyridine rings is 3. The van der Waals surface area contributed by atoms with Crippen LogP contribution in [0.4, 0.5) is 11.6 Å². The number of nitrogens with two attached hydrogens (primary N) is 1. The number of imidazole rings is 1. The molecule has 0 aliphatic heterocycles. The zero-order valence-corrected chi connectivity index (χ0v) is 22.2. The molecule has 0 radical (unpaired) electrons. The molecule has 0 saturated carbocycles. The third-order valence-electron chi connectivity index (χ3n) is 7.11. The van der Waals surface area contributed by atoms with Gasteiger partial charge in [-0.05, 0) is 71.7 Å². The van der Waals surface area contributed by atoms with E-state index in [4.69, 9.17) is 5.73 Å². The first-order valence-corrected chi connectivity index (χ1v) is 13.3. The van der Waals surface area contributed by atoms with Crippen molar-refractivity contribution in [3.63, 3.8) is 0 Å². The van der Waals surface area contributed by atoms with Gasteiger partial charge in [0.1, 0.15) is 22.0 Å². The minimum Gasteiger partial charge on any atom is -0.383 e. The summed E-state index contributed by atoms with van der Waals surface area (Å²) in [7, 11) is 0. The largest absolute Gasteiger partial charge is 0.383 e. The Hall–Kier alpha value is -4.04. The molecule has 5 aromatic heterocycles. The summed E-state index contributed by atoms with van der Waals surface area (Å²) in [5, 5.41) is 6.87. The molecule has 6 rings (SSSR count). The Bertz CT molecular complexity index is 1780. The maximum atomic E-state index is 6.11. The molecule has 0 atom stereocenters. The van der Waals surface area contributed by atoms with E-state index in [-0.39, 0.29) is 0 Å². The summed E-state index contributed by atoms with van der Waals surface area (Å²) >= 11 is 1.74. The third-order valence-corrected chi connectivity index (χ3v) is 8.15. The van der Waals surface area contributed by atoms with Crippen LogP contribution in [0.15, 0.2) is 55.2 Å². The van der Waals surface area contributed by atoms with Crippen LogP contribution in [-0.2, 0) is 13.1 Å². The van der Waals surface area contributed by atoms with Crippen molar-refractivity contribution in [1.82, 2.24) is 24.5 Å². The molecule has 5 heterocycles. The molecule has 37 heavy (non-hydrogen) atoms. The number of thiophene rings is 1. The van der Waals surface area contributed by atoms with Gasteiger partial charge in [0.05, 0.1) is 24.6 Å². The van der Waals surface area contributed by atoms with Gasteiger partial charge in [-0.15, -0.1) is 11.3 Å². The fraction of sp³-hybridized carbons (Fsp3) is 0.241. The lowest BCUT2D eigenvalue weighted by molar-refractivity contribution is 0.838. The summed E-state index contributed by atoms with van der Waals surface area (Å²) < 4.78 is 2.18. The molecule has 6 aromatic rings. The molecular formula is C29H29N7S. The number of anilines is 2. The highest BCUT2D eigenvalue weighted by Gasteiger charge is 2.12. The minimum atomic E-state index is 0.466. The normalized spacial score (nSPS) is 11.8. The Morgan fingerprint density at radius 1 is 1.00 bits per heavy atom. The van der Waals surface area contributed by atoms with Crippen LogP contribution in [0.1, 0.15) is 46.9 Å². The number of aryl methyl sites for hydroxylation is 2. The molecule has 8 heteroatoms. The molecule has 0 amide bonds. The van der Waals surface area contributed by atoms with Gasteiger partial charge in [0.25, 0.3) is 0 Å². The molecule has 0 aliphatic carbocycles. The lowest BCUT2D eigenvalue weighted by Gasteiger charge is -2.15. The average molecular weight is 508 g/mol. The van der Waals surface area contributed by atoms with Gasteiger partial charge in [-0.1, -0.05) is 13.8 Å². The SMILES string of the molecule is Cc1cc2c(N)nccc2c(C)c1CNc1cc2c(cn1)ncn2Cc1cc2cc(C(C)C)cnc2s1. The maximum Gasteiger partial charge on any atom is 0.131 e. The Kier molecular flexibility index (Phi) is 5.76. The third kappa shape index (κ3) is 4.27. The summed E-state index contributed by atoms with van der Waals surface area (Å²) in [5.41, 5.74) is 13.0. The van der Waals surface area contributed by atoms with Gasteiger partial charge < -0.3 is 15.6 Å². The summed E-state index contributed by atoms with van der Waals surface area (Å²) in [5.74, 6) is 1.86. The molecule has 0 aliphatic rings. The Morgan fingerprint density at radius 2 is 1.86 bits per heavy atom. The quantitative estimate of drug-likeness (QED) is 0.265. The second-order valence-electron chi connectivity index (χ2n) is 9.90. The highest BCUT2D eigenvalue weighted by atomic mass is 32.1. The van der Waals surface area contributed by atoms with E-state index in [1.807, 2.05) is 24.8 Å². The van der Waals surface area contributed by atoms with Gasteiger partial charge >= 0.3 is 0 Å². The number of fused-ring (bicyclic) bond motifs is 3. The van der Waals surface area contributed by atoms with Crippen molar-refractivity contribution in [2.45, 2.75) is 46.7 Å².